The second-order valence-corrected chi connectivity index (χ2v) is 32.0. The van der Waals surface area contributed by atoms with Gasteiger partial charge in [-0.3, -0.25) is 18.6 Å². The summed E-state index contributed by atoms with van der Waals surface area (Å²) >= 11 is 0. The summed E-state index contributed by atoms with van der Waals surface area (Å²) in [6, 6.07) is 0. The molecule has 2 unspecified atom stereocenters. The molecule has 0 amide bonds. The molecule has 1 N–H and O–H groups in total. The Morgan fingerprint density at radius 3 is 0.755 bits per heavy atom. The molecule has 0 saturated heterocycles. The van der Waals surface area contributed by atoms with Crippen molar-refractivity contribution in [3.05, 3.63) is 158 Å². The number of phosphoric acid groups is 1. The number of carbonyl (C=O) groups excluding carboxylic acids is 2. The average molecular weight is 1490 g/mol. The van der Waals surface area contributed by atoms with Crippen molar-refractivity contribution in [1.82, 2.24) is 0 Å². The van der Waals surface area contributed by atoms with Crippen LogP contribution < -0.4 is 0 Å². The number of likely N-dealkylation sites (N-methyl/N-ethyl adjacent to an activating group) is 1. The summed E-state index contributed by atoms with van der Waals surface area (Å²) in [6.45, 7) is 4.25. The van der Waals surface area contributed by atoms with E-state index in [4.69, 9.17) is 18.5 Å². The summed E-state index contributed by atoms with van der Waals surface area (Å²) in [5, 5.41) is 0. The van der Waals surface area contributed by atoms with Gasteiger partial charge >= 0.3 is 19.8 Å². The fourth-order valence-electron chi connectivity index (χ4n) is 12.4. The average Bonchev–Trinajstić information content (AvgIpc) is 0.908. The standard InChI is InChI=1S/C96H166NO8P/c1-6-8-10-12-14-16-18-20-22-24-26-28-30-32-34-36-38-40-42-44-46-48-50-52-54-56-58-60-62-64-66-68-70-72-74-76-78-80-82-84-86-88-95(98)102-92-94(93-104-106(100,101)103-91-90-97(3,4)5)105-96(99)89-87-85-83-81-79-77-75-73-71-69-67-65-63-61-59-57-55-53-51-49-47-45-43-41-39-37-35-33-31-29-27-25-23-21-19-17-15-13-11-9-7-2/h8-11,14-17,20-23,26-29,32-35,38-41,45,47,94H,6-7,12-13,18-19,24-25,30-31,36-37,42-44,46,48-93H2,1-5H3/p+1/b10-8-,11-9-,16-14-,17-15-,22-20-,23-21-,28-26-,29-27-,34-32-,35-33-,40-38-,41-39-,47-45-. The van der Waals surface area contributed by atoms with Crippen molar-refractivity contribution in [2.75, 3.05) is 47.5 Å². The van der Waals surface area contributed by atoms with Gasteiger partial charge in [-0.15, -0.1) is 0 Å². The van der Waals surface area contributed by atoms with E-state index in [-0.39, 0.29) is 32.0 Å². The lowest BCUT2D eigenvalue weighted by Gasteiger charge is -2.24. The molecule has 106 heavy (non-hydrogen) atoms. The van der Waals surface area contributed by atoms with Crippen molar-refractivity contribution in [3.8, 4) is 0 Å². The van der Waals surface area contributed by atoms with E-state index in [2.05, 4.69) is 172 Å². The fourth-order valence-corrected chi connectivity index (χ4v) is 13.2. The smallest absolute Gasteiger partial charge is 0.462 e. The van der Waals surface area contributed by atoms with Crippen LogP contribution in [0.1, 0.15) is 386 Å². The maximum atomic E-state index is 13.0. The number of unbranched alkanes of at least 4 members (excludes halogenated alkanes) is 41. The Labute approximate surface area is 656 Å². The van der Waals surface area contributed by atoms with Gasteiger partial charge in [0.15, 0.2) is 6.10 Å². The van der Waals surface area contributed by atoms with Crippen LogP contribution in [0.2, 0.25) is 0 Å². The minimum absolute atomic E-state index is 0.0296. The van der Waals surface area contributed by atoms with E-state index >= 15 is 0 Å². The number of rotatable bonds is 81. The van der Waals surface area contributed by atoms with Crippen LogP contribution >= 0.6 is 7.82 Å². The van der Waals surface area contributed by atoms with Gasteiger partial charge in [0.1, 0.15) is 19.8 Å². The Balaban J connectivity index is 3.91. The number of hydrogen-bond donors (Lipinski definition) is 1. The molecule has 0 aliphatic rings. The van der Waals surface area contributed by atoms with Crippen LogP contribution in [0.4, 0.5) is 0 Å². The SMILES string of the molecule is CC/C=C\C/C=C\C/C=C\C/C=C\C/C=C\C/C=C\C/C=C\CCCCCCCCCCCCCCCCCCCCCC(=O)OC(COC(=O)CCCCCCCCCCCCCCCCCCCCCCCC/C=C\C/C=C\C/C=C\C/C=C\C/C=C\C/C=C\CC)COP(=O)(O)OCC[N+](C)(C)C. The fraction of sp³-hybridized carbons (Fsp3) is 0.708. The summed E-state index contributed by atoms with van der Waals surface area (Å²) in [5.41, 5.74) is 0. The molecule has 0 aliphatic carbocycles. The van der Waals surface area contributed by atoms with Crippen molar-refractivity contribution in [2.45, 2.75) is 392 Å². The highest BCUT2D eigenvalue weighted by Crippen LogP contribution is 2.43. The molecule has 608 valence electrons. The number of allylic oxidation sites excluding steroid dienone is 26. The molecule has 0 radical (unpaired) electrons. The molecule has 0 aliphatic heterocycles. The lowest BCUT2D eigenvalue weighted by Crippen LogP contribution is -2.37. The molecule has 0 heterocycles. The van der Waals surface area contributed by atoms with Crippen LogP contribution in [-0.4, -0.2) is 74.9 Å². The van der Waals surface area contributed by atoms with E-state index in [9.17, 15) is 19.0 Å². The van der Waals surface area contributed by atoms with Gasteiger partial charge in [0.05, 0.1) is 27.7 Å². The molecule has 0 aromatic heterocycles. The Morgan fingerprint density at radius 1 is 0.292 bits per heavy atom. The topological polar surface area (TPSA) is 108 Å². The number of ether oxygens (including phenoxy) is 2. The van der Waals surface area contributed by atoms with Crippen molar-refractivity contribution in [2.24, 2.45) is 0 Å². The summed E-state index contributed by atoms with van der Waals surface area (Å²) in [7, 11) is 1.49. The third kappa shape index (κ3) is 88.5. The van der Waals surface area contributed by atoms with Gasteiger partial charge in [-0.2, -0.15) is 0 Å². The minimum atomic E-state index is -4.40. The molecule has 10 heteroatoms. The maximum Gasteiger partial charge on any atom is 0.472 e. The molecule has 0 saturated carbocycles. The summed E-state index contributed by atoms with van der Waals surface area (Å²) < 4.78 is 34.9. The summed E-state index contributed by atoms with van der Waals surface area (Å²) in [4.78, 5) is 36.1. The minimum Gasteiger partial charge on any atom is -0.462 e. The Bertz CT molecular complexity index is 2360. The zero-order valence-corrected chi connectivity index (χ0v) is 70.5. The molecule has 0 aromatic carbocycles. The van der Waals surface area contributed by atoms with Crippen LogP contribution in [-0.2, 0) is 32.7 Å². The van der Waals surface area contributed by atoms with E-state index in [0.29, 0.717) is 17.4 Å². The van der Waals surface area contributed by atoms with Crippen LogP contribution in [0.25, 0.3) is 0 Å². The van der Waals surface area contributed by atoms with E-state index in [1.54, 1.807) is 0 Å². The molecule has 2 atom stereocenters. The third-order valence-corrected chi connectivity index (χ3v) is 20.0. The maximum absolute atomic E-state index is 13.0. The largest absolute Gasteiger partial charge is 0.472 e. The molecule has 0 rings (SSSR count). The van der Waals surface area contributed by atoms with E-state index in [1.165, 1.54) is 238 Å². The van der Waals surface area contributed by atoms with Crippen LogP contribution in [0.5, 0.6) is 0 Å². The monoisotopic (exact) mass is 1490 g/mol. The van der Waals surface area contributed by atoms with Gasteiger partial charge < -0.3 is 18.9 Å². The molecule has 0 fully saturated rings. The number of hydrogen-bond acceptors (Lipinski definition) is 7. The first-order valence-corrected chi connectivity index (χ1v) is 45.7. The first-order valence-electron chi connectivity index (χ1n) is 44.2. The number of phosphoric ester groups is 1. The van der Waals surface area contributed by atoms with E-state index in [1.807, 2.05) is 21.1 Å². The first-order chi connectivity index (χ1) is 52.0. The Kier molecular flexibility index (Phi) is 81.2. The number of carbonyl (C=O) groups is 2. The Morgan fingerprint density at radius 2 is 0.509 bits per heavy atom. The highest BCUT2D eigenvalue weighted by molar-refractivity contribution is 7.47. The van der Waals surface area contributed by atoms with Gasteiger partial charge in [-0.25, -0.2) is 4.57 Å². The predicted molar refractivity (Wildman–Crippen MR) is 463 cm³/mol. The lowest BCUT2D eigenvalue weighted by atomic mass is 10.0. The van der Waals surface area contributed by atoms with Crippen LogP contribution in [0, 0.1) is 0 Å². The second-order valence-electron chi connectivity index (χ2n) is 30.5. The second kappa shape index (κ2) is 84.6. The van der Waals surface area contributed by atoms with Gasteiger partial charge in [-0.1, -0.05) is 409 Å². The zero-order valence-electron chi connectivity index (χ0n) is 69.6. The molecular weight excluding hydrogens is 1330 g/mol. The first kappa shape index (κ1) is 102. The number of quaternary nitrogens is 1. The van der Waals surface area contributed by atoms with Crippen molar-refractivity contribution in [3.63, 3.8) is 0 Å². The normalized spacial score (nSPS) is 13.8. The highest BCUT2D eigenvalue weighted by atomic mass is 31.2. The summed E-state index contributed by atoms with van der Waals surface area (Å²) in [5.74, 6) is -0.783. The molecule has 0 aromatic rings. The molecule has 0 bridgehead atoms. The molecule has 0 spiro atoms. The van der Waals surface area contributed by atoms with Gasteiger partial charge in [0.2, 0.25) is 0 Å². The van der Waals surface area contributed by atoms with Crippen LogP contribution in [0.3, 0.4) is 0 Å². The van der Waals surface area contributed by atoms with Crippen molar-refractivity contribution < 1.29 is 42.1 Å². The third-order valence-electron chi connectivity index (χ3n) is 19.1. The van der Waals surface area contributed by atoms with Gasteiger partial charge in [0, 0.05) is 12.8 Å². The molecular formula is C96H167NO8P+. The quantitative estimate of drug-likeness (QED) is 0.0211. The van der Waals surface area contributed by atoms with Crippen molar-refractivity contribution >= 4 is 19.8 Å². The summed E-state index contributed by atoms with van der Waals surface area (Å²) in [6.07, 6.45) is 127. The van der Waals surface area contributed by atoms with Crippen LogP contribution in [0.15, 0.2) is 158 Å². The predicted octanol–water partition coefficient (Wildman–Crippen LogP) is 30.2. The molecule has 9 nitrogen and oxygen atoms in total. The van der Waals surface area contributed by atoms with E-state index < -0.39 is 26.5 Å². The Hall–Kier alpha value is -4.37. The number of esters is 2. The lowest BCUT2D eigenvalue weighted by molar-refractivity contribution is -0.870. The van der Waals surface area contributed by atoms with E-state index in [0.717, 1.165) is 116 Å². The van der Waals surface area contributed by atoms with Gasteiger partial charge in [-0.05, 0) is 122 Å². The number of nitrogens with zero attached hydrogens (tertiary/aromatic N) is 1. The van der Waals surface area contributed by atoms with Gasteiger partial charge in [0.25, 0.3) is 0 Å². The zero-order chi connectivity index (χ0) is 76.8. The van der Waals surface area contributed by atoms with Crippen molar-refractivity contribution in [1.29, 1.82) is 0 Å². The highest BCUT2D eigenvalue weighted by Gasteiger charge is 2.27.